The second-order valence-electron chi connectivity index (χ2n) is 5.75. The van der Waals surface area contributed by atoms with E-state index in [4.69, 9.17) is 9.47 Å². The van der Waals surface area contributed by atoms with Crippen molar-refractivity contribution in [3.8, 4) is 11.5 Å². The lowest BCUT2D eigenvalue weighted by atomic mass is 10.1. The smallest absolute Gasteiger partial charge is 0.224 e. The maximum atomic E-state index is 12.6. The van der Waals surface area contributed by atoms with E-state index < -0.39 is 0 Å². The molecule has 0 spiro atoms. The van der Waals surface area contributed by atoms with E-state index in [1.54, 1.807) is 38.4 Å². The number of methoxy groups -OCH3 is 2. The van der Waals surface area contributed by atoms with E-state index in [9.17, 15) is 4.79 Å². The fourth-order valence-corrected chi connectivity index (χ4v) is 4.01. The fraction of sp³-hybridized carbons (Fsp3) is 0.389. The lowest BCUT2D eigenvalue weighted by Gasteiger charge is -2.35. The number of thioether (sulfide) groups is 1. The van der Waals surface area contributed by atoms with Gasteiger partial charge >= 0.3 is 0 Å². The SMILES string of the molecule is COc1ccc(C2SCCC(=O)N2Cc2cnc(C)cn2)c(OC)c1. The lowest BCUT2D eigenvalue weighted by Crippen LogP contribution is -2.37. The molecule has 6 nitrogen and oxygen atoms in total. The maximum Gasteiger partial charge on any atom is 0.224 e. The van der Waals surface area contributed by atoms with Crippen LogP contribution in [0.2, 0.25) is 0 Å². The molecule has 1 unspecified atom stereocenters. The van der Waals surface area contributed by atoms with Gasteiger partial charge < -0.3 is 14.4 Å². The molecule has 132 valence electrons. The van der Waals surface area contributed by atoms with Gasteiger partial charge in [0.25, 0.3) is 0 Å². The van der Waals surface area contributed by atoms with Gasteiger partial charge in [-0.05, 0) is 19.1 Å². The molecule has 0 bridgehead atoms. The number of rotatable bonds is 5. The van der Waals surface area contributed by atoms with Gasteiger partial charge in [0.1, 0.15) is 16.9 Å². The number of nitrogens with zero attached hydrogens (tertiary/aromatic N) is 3. The van der Waals surface area contributed by atoms with Crippen molar-refractivity contribution in [2.24, 2.45) is 0 Å². The summed E-state index contributed by atoms with van der Waals surface area (Å²) in [4.78, 5) is 23.1. The van der Waals surface area contributed by atoms with Crippen LogP contribution in [-0.2, 0) is 11.3 Å². The number of carbonyl (C=O) groups excluding carboxylic acids is 1. The van der Waals surface area contributed by atoms with Crippen LogP contribution >= 0.6 is 11.8 Å². The van der Waals surface area contributed by atoms with Crippen molar-refractivity contribution < 1.29 is 14.3 Å². The second-order valence-corrected chi connectivity index (χ2v) is 6.94. The lowest BCUT2D eigenvalue weighted by molar-refractivity contribution is -0.132. The number of aromatic nitrogens is 2. The Morgan fingerprint density at radius 1 is 1.24 bits per heavy atom. The van der Waals surface area contributed by atoms with Crippen molar-refractivity contribution in [3.05, 3.63) is 47.5 Å². The first-order valence-electron chi connectivity index (χ1n) is 8.03. The van der Waals surface area contributed by atoms with E-state index in [2.05, 4.69) is 9.97 Å². The van der Waals surface area contributed by atoms with Crippen LogP contribution in [0.5, 0.6) is 11.5 Å². The molecule has 1 atom stereocenters. The Labute approximate surface area is 151 Å². The highest BCUT2D eigenvalue weighted by molar-refractivity contribution is 7.99. The zero-order valence-corrected chi connectivity index (χ0v) is 15.4. The van der Waals surface area contributed by atoms with Gasteiger partial charge in [-0.2, -0.15) is 0 Å². The Morgan fingerprint density at radius 2 is 2.08 bits per heavy atom. The van der Waals surface area contributed by atoms with E-state index in [0.29, 0.717) is 18.7 Å². The number of ether oxygens (including phenoxy) is 2. The molecule has 1 aliphatic rings. The van der Waals surface area contributed by atoms with Crippen LogP contribution in [-0.4, -0.2) is 40.7 Å². The minimum Gasteiger partial charge on any atom is -0.497 e. The molecule has 1 aliphatic heterocycles. The number of amides is 1. The Bertz CT molecular complexity index is 752. The van der Waals surface area contributed by atoms with Crippen molar-refractivity contribution in [1.82, 2.24) is 14.9 Å². The van der Waals surface area contributed by atoms with E-state index in [1.807, 2.05) is 30.0 Å². The van der Waals surface area contributed by atoms with Crippen molar-refractivity contribution in [3.63, 3.8) is 0 Å². The molecule has 0 saturated carbocycles. The van der Waals surface area contributed by atoms with Gasteiger partial charge in [0.15, 0.2) is 0 Å². The first-order chi connectivity index (χ1) is 12.1. The van der Waals surface area contributed by atoms with Crippen molar-refractivity contribution in [1.29, 1.82) is 0 Å². The summed E-state index contributed by atoms with van der Waals surface area (Å²) in [6, 6.07) is 5.70. The Morgan fingerprint density at radius 3 is 2.76 bits per heavy atom. The fourth-order valence-electron chi connectivity index (χ4n) is 2.75. The van der Waals surface area contributed by atoms with Gasteiger partial charge in [0.2, 0.25) is 5.91 Å². The third-order valence-corrected chi connectivity index (χ3v) is 5.33. The van der Waals surface area contributed by atoms with Crippen LogP contribution in [0.25, 0.3) is 0 Å². The summed E-state index contributed by atoms with van der Waals surface area (Å²) in [6.07, 6.45) is 3.98. The van der Waals surface area contributed by atoms with Gasteiger partial charge in [-0.1, -0.05) is 0 Å². The monoisotopic (exact) mass is 359 g/mol. The molecular weight excluding hydrogens is 338 g/mol. The number of aryl methyl sites for hydroxylation is 1. The summed E-state index contributed by atoms with van der Waals surface area (Å²) in [7, 11) is 3.25. The highest BCUT2D eigenvalue weighted by Crippen LogP contribution is 2.42. The predicted molar refractivity (Wildman–Crippen MR) is 96.7 cm³/mol. The van der Waals surface area contributed by atoms with Gasteiger partial charge in [-0.25, -0.2) is 0 Å². The Balaban J connectivity index is 1.92. The quantitative estimate of drug-likeness (QED) is 0.818. The largest absolute Gasteiger partial charge is 0.497 e. The molecule has 25 heavy (non-hydrogen) atoms. The summed E-state index contributed by atoms with van der Waals surface area (Å²) >= 11 is 1.73. The molecule has 0 radical (unpaired) electrons. The van der Waals surface area contributed by atoms with Crippen LogP contribution in [0.1, 0.15) is 28.7 Å². The van der Waals surface area contributed by atoms with Gasteiger partial charge in [-0.15, -0.1) is 11.8 Å². The molecule has 2 heterocycles. The maximum absolute atomic E-state index is 12.6. The minimum atomic E-state index is -0.120. The zero-order chi connectivity index (χ0) is 17.8. The summed E-state index contributed by atoms with van der Waals surface area (Å²) in [5.41, 5.74) is 2.59. The molecule has 1 fully saturated rings. The van der Waals surface area contributed by atoms with Crippen molar-refractivity contribution >= 4 is 17.7 Å². The molecule has 1 aromatic heterocycles. The predicted octanol–water partition coefficient (Wildman–Crippen LogP) is 2.97. The van der Waals surface area contributed by atoms with Crippen LogP contribution < -0.4 is 9.47 Å². The number of carbonyl (C=O) groups is 1. The molecule has 1 aromatic carbocycles. The number of hydrogen-bond acceptors (Lipinski definition) is 6. The first-order valence-corrected chi connectivity index (χ1v) is 9.07. The molecule has 7 heteroatoms. The molecule has 1 amide bonds. The van der Waals surface area contributed by atoms with Crippen molar-refractivity contribution in [2.75, 3.05) is 20.0 Å². The van der Waals surface area contributed by atoms with Gasteiger partial charge in [0.05, 0.1) is 38.3 Å². The first kappa shape index (κ1) is 17.5. The topological polar surface area (TPSA) is 64.5 Å². The van der Waals surface area contributed by atoms with Gasteiger partial charge in [0, 0.05) is 30.0 Å². The molecule has 0 aliphatic carbocycles. The highest BCUT2D eigenvalue weighted by Gasteiger charge is 2.32. The Kier molecular flexibility index (Phi) is 5.43. The summed E-state index contributed by atoms with van der Waals surface area (Å²) in [5, 5.41) is -0.120. The van der Waals surface area contributed by atoms with E-state index in [0.717, 1.165) is 28.5 Å². The number of hydrogen-bond donors (Lipinski definition) is 0. The zero-order valence-electron chi connectivity index (χ0n) is 14.6. The summed E-state index contributed by atoms with van der Waals surface area (Å²) in [6.45, 7) is 2.32. The van der Waals surface area contributed by atoms with E-state index in [1.165, 1.54) is 0 Å². The molecule has 2 aromatic rings. The van der Waals surface area contributed by atoms with E-state index in [-0.39, 0.29) is 11.3 Å². The van der Waals surface area contributed by atoms with Crippen molar-refractivity contribution in [2.45, 2.75) is 25.3 Å². The standard InChI is InChI=1S/C18H21N3O3S/c1-12-9-20-13(10-19-12)11-21-17(22)6-7-25-18(21)15-5-4-14(23-2)8-16(15)24-3/h4-5,8-10,18H,6-7,11H2,1-3H3. The molecule has 3 rings (SSSR count). The number of benzene rings is 1. The van der Waals surface area contributed by atoms with Crippen LogP contribution in [0.3, 0.4) is 0 Å². The minimum absolute atomic E-state index is 0.115. The van der Waals surface area contributed by atoms with E-state index >= 15 is 0 Å². The third-order valence-electron chi connectivity index (χ3n) is 4.07. The average molecular weight is 359 g/mol. The van der Waals surface area contributed by atoms with Crippen LogP contribution in [0.15, 0.2) is 30.6 Å². The highest BCUT2D eigenvalue weighted by atomic mass is 32.2. The summed E-state index contributed by atoms with van der Waals surface area (Å²) < 4.78 is 10.8. The Hall–Kier alpha value is -2.28. The van der Waals surface area contributed by atoms with Gasteiger partial charge in [-0.3, -0.25) is 14.8 Å². The third kappa shape index (κ3) is 3.87. The summed E-state index contributed by atoms with van der Waals surface area (Å²) in [5.74, 6) is 2.34. The normalized spacial score (nSPS) is 17.5. The van der Waals surface area contributed by atoms with Crippen LogP contribution in [0, 0.1) is 6.92 Å². The molecule has 1 saturated heterocycles. The average Bonchev–Trinajstić information content (AvgIpc) is 2.64. The molecule has 0 N–H and O–H groups in total. The second kappa shape index (κ2) is 7.74. The molecular formula is C18H21N3O3S. The van der Waals surface area contributed by atoms with Crippen LogP contribution in [0.4, 0.5) is 0 Å².